The van der Waals surface area contributed by atoms with Crippen molar-refractivity contribution in [3.63, 3.8) is 0 Å². The van der Waals surface area contributed by atoms with Gasteiger partial charge in [0.25, 0.3) is 0 Å². The SMILES string of the molecule is c1ccc(C[Si](Cc2ccccc2)(Cc2ccccc2)c2ccc3[nH]c4ccc([Si](Cc5ccccc5)(Cc5ccccc5)Cc5ccccc5)cc4c3c2)cc1. The summed E-state index contributed by atoms with van der Waals surface area (Å²) in [7, 11) is -4.56. The molecule has 0 bridgehead atoms. The van der Waals surface area contributed by atoms with Crippen molar-refractivity contribution in [1.82, 2.24) is 4.98 Å². The third kappa shape index (κ3) is 8.27. The number of aromatic nitrogens is 1. The van der Waals surface area contributed by atoms with Gasteiger partial charge >= 0.3 is 0 Å². The van der Waals surface area contributed by atoms with E-state index < -0.39 is 16.1 Å². The average molecular weight is 768 g/mol. The van der Waals surface area contributed by atoms with Gasteiger partial charge in [0.05, 0.1) is 16.1 Å². The Morgan fingerprint density at radius 2 is 0.491 bits per heavy atom. The molecular weight excluding hydrogens is 719 g/mol. The summed E-state index contributed by atoms with van der Waals surface area (Å²) >= 11 is 0. The largest absolute Gasteiger partial charge is 0.355 e. The Bertz CT molecular complexity index is 2270. The van der Waals surface area contributed by atoms with Crippen LogP contribution in [0.5, 0.6) is 0 Å². The van der Waals surface area contributed by atoms with Gasteiger partial charge in [0.15, 0.2) is 0 Å². The summed E-state index contributed by atoms with van der Waals surface area (Å²) in [6.07, 6.45) is 0. The lowest BCUT2D eigenvalue weighted by atomic mass is 10.1. The second kappa shape index (κ2) is 16.6. The van der Waals surface area contributed by atoms with Gasteiger partial charge in [-0.05, 0) is 48.4 Å². The van der Waals surface area contributed by atoms with Crippen LogP contribution in [0.2, 0.25) is 0 Å². The highest BCUT2D eigenvalue weighted by atomic mass is 28.3. The molecule has 0 spiro atoms. The number of nitrogens with one attached hydrogen (secondary N) is 1. The van der Waals surface area contributed by atoms with Crippen LogP contribution in [0.3, 0.4) is 0 Å². The first-order valence-electron chi connectivity index (χ1n) is 20.4. The number of fused-ring (bicyclic) bond motifs is 3. The Morgan fingerprint density at radius 1 is 0.263 bits per heavy atom. The van der Waals surface area contributed by atoms with Gasteiger partial charge in [0.2, 0.25) is 0 Å². The lowest BCUT2D eigenvalue weighted by molar-refractivity contribution is 1.15. The van der Waals surface area contributed by atoms with Crippen molar-refractivity contribution >= 4 is 48.3 Å². The summed E-state index contributed by atoms with van der Waals surface area (Å²) in [5.41, 5.74) is 11.0. The zero-order valence-corrected chi connectivity index (χ0v) is 34.5. The zero-order valence-electron chi connectivity index (χ0n) is 32.5. The molecule has 0 atom stereocenters. The monoisotopic (exact) mass is 767 g/mol. The molecular formula is C54H49NSi2. The Hall–Kier alpha value is -6.01. The summed E-state index contributed by atoms with van der Waals surface area (Å²) < 4.78 is 0. The highest BCUT2D eigenvalue weighted by molar-refractivity contribution is 6.91. The van der Waals surface area contributed by atoms with Crippen molar-refractivity contribution in [1.29, 1.82) is 0 Å². The van der Waals surface area contributed by atoms with E-state index in [1.54, 1.807) is 0 Å². The van der Waals surface area contributed by atoms with E-state index in [2.05, 4.69) is 223 Å². The van der Waals surface area contributed by atoms with E-state index in [-0.39, 0.29) is 0 Å². The molecule has 0 radical (unpaired) electrons. The lowest BCUT2D eigenvalue weighted by Crippen LogP contribution is -2.55. The third-order valence-corrected chi connectivity index (χ3v) is 21.7. The van der Waals surface area contributed by atoms with Crippen LogP contribution in [0, 0.1) is 0 Å². The van der Waals surface area contributed by atoms with Crippen LogP contribution < -0.4 is 10.4 Å². The first kappa shape index (κ1) is 36.6. The number of hydrogen-bond donors (Lipinski definition) is 1. The number of benzene rings is 8. The minimum absolute atomic E-state index is 1.08. The van der Waals surface area contributed by atoms with Crippen molar-refractivity contribution in [2.75, 3.05) is 0 Å². The molecule has 8 aromatic carbocycles. The summed E-state index contributed by atoms with van der Waals surface area (Å²) in [6.45, 7) is 0. The number of rotatable bonds is 14. The quantitative estimate of drug-likeness (QED) is 0.106. The zero-order chi connectivity index (χ0) is 38.3. The lowest BCUT2D eigenvalue weighted by Gasteiger charge is -2.34. The van der Waals surface area contributed by atoms with Crippen molar-refractivity contribution in [2.45, 2.75) is 36.3 Å². The fourth-order valence-corrected chi connectivity index (χ4v) is 19.3. The van der Waals surface area contributed by atoms with Gasteiger partial charge < -0.3 is 4.98 Å². The van der Waals surface area contributed by atoms with E-state index >= 15 is 0 Å². The van der Waals surface area contributed by atoms with E-state index in [0.717, 1.165) is 36.3 Å². The van der Waals surface area contributed by atoms with Crippen molar-refractivity contribution in [3.8, 4) is 0 Å². The second-order valence-corrected chi connectivity index (χ2v) is 24.6. The van der Waals surface area contributed by atoms with Gasteiger partial charge in [-0.3, -0.25) is 0 Å². The van der Waals surface area contributed by atoms with Crippen molar-refractivity contribution in [3.05, 3.63) is 252 Å². The molecule has 9 rings (SSSR count). The Kier molecular flexibility index (Phi) is 10.7. The topological polar surface area (TPSA) is 15.8 Å². The molecule has 0 aliphatic rings. The summed E-state index contributed by atoms with van der Waals surface area (Å²) in [4.78, 5) is 3.86. The number of hydrogen-bond acceptors (Lipinski definition) is 0. The van der Waals surface area contributed by atoms with Crippen LogP contribution >= 0.6 is 0 Å². The molecule has 0 aliphatic carbocycles. The van der Waals surface area contributed by atoms with Crippen molar-refractivity contribution < 1.29 is 0 Å². The predicted octanol–water partition coefficient (Wildman–Crippen LogP) is 11.3. The highest BCUT2D eigenvalue weighted by Gasteiger charge is 2.38. The Balaban J connectivity index is 1.24. The first-order chi connectivity index (χ1) is 28.1. The smallest absolute Gasteiger partial charge is 0.0996 e. The minimum atomic E-state index is -2.28. The normalized spacial score (nSPS) is 11.9. The van der Waals surface area contributed by atoms with Gasteiger partial charge in [-0.15, -0.1) is 0 Å². The van der Waals surface area contributed by atoms with Gasteiger partial charge in [-0.25, -0.2) is 0 Å². The van der Waals surface area contributed by atoms with E-state index in [9.17, 15) is 0 Å². The van der Waals surface area contributed by atoms with Crippen LogP contribution in [0.4, 0.5) is 0 Å². The van der Waals surface area contributed by atoms with Gasteiger partial charge in [-0.2, -0.15) is 0 Å². The molecule has 9 aromatic rings. The minimum Gasteiger partial charge on any atom is -0.355 e. The summed E-state index contributed by atoms with van der Waals surface area (Å²) in [5.74, 6) is 0. The molecule has 1 aromatic heterocycles. The molecule has 0 fully saturated rings. The predicted molar refractivity (Wildman–Crippen MR) is 247 cm³/mol. The maximum Gasteiger partial charge on any atom is 0.0996 e. The fourth-order valence-electron chi connectivity index (χ4n) is 9.46. The standard InChI is InChI=1S/C54H49NSi2/c1-7-19-43(20-8-1)37-56(38-44-21-9-2-10-22-44,39-45-23-11-3-12-24-45)49-31-33-53-51(35-49)52-36-50(32-34-54(52)55-53)57(40-46-25-13-4-14-26-46,41-47-27-15-5-16-28-47)42-48-29-17-6-18-30-48/h1-36,55H,37-42H2. The summed E-state index contributed by atoms with van der Waals surface area (Å²) in [6, 6.07) is 88.8. The third-order valence-electron chi connectivity index (χ3n) is 12.1. The molecule has 57 heavy (non-hydrogen) atoms. The van der Waals surface area contributed by atoms with Crippen LogP contribution in [-0.4, -0.2) is 21.1 Å². The molecule has 0 aliphatic heterocycles. The molecule has 0 amide bonds. The van der Waals surface area contributed by atoms with Crippen LogP contribution in [0.1, 0.15) is 33.4 Å². The van der Waals surface area contributed by atoms with E-state index in [1.807, 2.05) is 0 Å². The summed E-state index contributed by atoms with van der Waals surface area (Å²) in [5, 5.41) is 5.74. The maximum absolute atomic E-state index is 3.86. The van der Waals surface area contributed by atoms with E-state index in [0.29, 0.717) is 0 Å². The van der Waals surface area contributed by atoms with Crippen LogP contribution in [-0.2, 0) is 36.3 Å². The van der Waals surface area contributed by atoms with Crippen LogP contribution in [0.25, 0.3) is 21.8 Å². The molecule has 1 heterocycles. The van der Waals surface area contributed by atoms with E-state index in [4.69, 9.17) is 0 Å². The van der Waals surface area contributed by atoms with Gasteiger partial charge in [-0.1, -0.05) is 250 Å². The average Bonchev–Trinajstić information content (AvgIpc) is 3.63. The van der Waals surface area contributed by atoms with Gasteiger partial charge in [0, 0.05) is 21.8 Å². The molecule has 0 unspecified atom stereocenters. The van der Waals surface area contributed by atoms with Crippen LogP contribution in [0.15, 0.2) is 218 Å². The fraction of sp³-hybridized carbons (Fsp3) is 0.111. The maximum atomic E-state index is 3.86. The molecule has 1 N–H and O–H groups in total. The second-order valence-electron chi connectivity index (χ2n) is 16.2. The molecule has 1 nitrogen and oxygen atoms in total. The molecule has 0 saturated heterocycles. The van der Waals surface area contributed by atoms with Gasteiger partial charge in [0.1, 0.15) is 0 Å². The first-order valence-corrected chi connectivity index (χ1v) is 25.7. The number of H-pyrrole nitrogens is 1. The highest BCUT2D eigenvalue weighted by Crippen LogP contribution is 2.31. The Morgan fingerprint density at radius 3 is 0.719 bits per heavy atom. The Labute approximate surface area is 339 Å². The molecule has 278 valence electrons. The molecule has 0 saturated carbocycles. The number of aromatic amines is 1. The molecule has 3 heteroatoms. The van der Waals surface area contributed by atoms with Crippen molar-refractivity contribution in [2.24, 2.45) is 0 Å². The van der Waals surface area contributed by atoms with E-state index in [1.165, 1.54) is 65.6 Å².